The van der Waals surface area contributed by atoms with Gasteiger partial charge in [0.05, 0.1) is 39.2 Å². The number of halogens is 7. The maximum atomic E-state index is 13.9. The number of rotatable bonds is 7. The molecule has 0 bridgehead atoms. The molecule has 3 heterocycles. The van der Waals surface area contributed by atoms with Crippen LogP contribution in [0, 0.1) is 5.92 Å². The Morgan fingerprint density at radius 1 is 0.909 bits per heavy atom. The smallest absolute Gasteiger partial charge is 0.418 e. The van der Waals surface area contributed by atoms with Crippen LogP contribution in [0.4, 0.5) is 43.7 Å². The van der Waals surface area contributed by atoms with Gasteiger partial charge in [0, 0.05) is 29.1 Å². The van der Waals surface area contributed by atoms with E-state index in [4.69, 9.17) is 4.74 Å². The van der Waals surface area contributed by atoms with Crippen LogP contribution in [0.3, 0.4) is 0 Å². The maximum absolute atomic E-state index is 13.9. The molecule has 0 aliphatic carbocycles. The third kappa shape index (κ3) is 6.59. The van der Waals surface area contributed by atoms with E-state index >= 15 is 0 Å². The maximum Gasteiger partial charge on any atom is 0.418 e. The number of aromatic nitrogens is 5. The minimum Gasteiger partial charge on any atom is -1.00 e. The van der Waals surface area contributed by atoms with E-state index in [0.29, 0.717) is 5.69 Å². The minimum atomic E-state index is -4.71. The van der Waals surface area contributed by atoms with Crippen molar-refractivity contribution in [2.75, 3.05) is 4.90 Å². The molecule has 0 unspecified atom stereocenters. The lowest BCUT2D eigenvalue weighted by molar-refractivity contribution is -0.682. The number of hydrogen-bond acceptors (Lipinski definition) is 6. The Labute approximate surface area is 253 Å². The summed E-state index contributed by atoms with van der Waals surface area (Å²) in [4.78, 5) is 17.8. The summed E-state index contributed by atoms with van der Waals surface area (Å²) in [5.41, 5.74) is -1.43. The topological polar surface area (TPSA) is 77.0 Å². The van der Waals surface area contributed by atoms with Crippen molar-refractivity contribution >= 4 is 23.3 Å². The van der Waals surface area contributed by atoms with Gasteiger partial charge in [-0.3, -0.25) is 9.78 Å². The van der Waals surface area contributed by atoms with Gasteiger partial charge in [-0.1, -0.05) is 32.0 Å². The lowest BCUT2D eigenvalue weighted by Gasteiger charge is -2.21. The fourth-order valence-corrected chi connectivity index (χ4v) is 4.30. The standard InChI is InChI=1S/C29H23F6N6O2.ClH/c1-18(2)26(42)43-17-39-16-19(25-23(29(33,34)35)9-6-14-36-25)15-24-37-38-27(41(24)39)40(21-7-4-3-5-8-21)22-12-10-20(11-13-22)28(30,31)32;/h3-16,18H,17H2,1-2H3;1H/q+1;/p-1. The molecule has 8 nitrogen and oxygen atoms in total. The molecule has 0 saturated heterocycles. The van der Waals surface area contributed by atoms with E-state index in [0.717, 1.165) is 18.2 Å². The molecule has 2 aliphatic heterocycles. The van der Waals surface area contributed by atoms with Gasteiger partial charge < -0.3 is 17.1 Å². The van der Waals surface area contributed by atoms with Crippen molar-refractivity contribution in [2.45, 2.75) is 32.9 Å². The first-order valence-electron chi connectivity index (χ1n) is 12.8. The third-order valence-corrected chi connectivity index (χ3v) is 6.34. The number of nitrogens with zero attached hydrogens (tertiary/aromatic N) is 6. The van der Waals surface area contributed by atoms with Crippen molar-refractivity contribution in [1.82, 2.24) is 19.9 Å². The van der Waals surface area contributed by atoms with Crippen LogP contribution in [0.2, 0.25) is 0 Å². The minimum absolute atomic E-state index is 0. The van der Waals surface area contributed by atoms with E-state index in [1.807, 2.05) is 0 Å². The average molecular weight is 637 g/mol. The number of pyridine rings is 1. The molecule has 1 aromatic heterocycles. The monoisotopic (exact) mass is 636 g/mol. The molecule has 2 aromatic carbocycles. The molecule has 0 spiro atoms. The number of carbonyl (C=O) groups excluding carboxylic acids is 1. The van der Waals surface area contributed by atoms with Gasteiger partial charge in [0.1, 0.15) is 0 Å². The van der Waals surface area contributed by atoms with Crippen molar-refractivity contribution in [3.63, 3.8) is 0 Å². The molecular formula is C29H23ClF6N6O2. The number of para-hydroxylation sites is 1. The van der Waals surface area contributed by atoms with Crippen LogP contribution in [0.5, 0.6) is 0 Å². The second kappa shape index (κ2) is 12.5. The highest BCUT2D eigenvalue weighted by Gasteiger charge is 2.37. The zero-order valence-electron chi connectivity index (χ0n) is 23.0. The lowest BCUT2D eigenvalue weighted by Crippen LogP contribution is -3.00. The first-order chi connectivity index (χ1) is 20.3. The van der Waals surface area contributed by atoms with Crippen molar-refractivity contribution in [1.29, 1.82) is 0 Å². The van der Waals surface area contributed by atoms with E-state index < -0.39 is 42.1 Å². The van der Waals surface area contributed by atoms with Crippen LogP contribution in [0.15, 0.2) is 85.2 Å². The summed E-state index contributed by atoms with van der Waals surface area (Å²) in [5.74, 6) is -0.956. The predicted octanol–water partition coefficient (Wildman–Crippen LogP) is 3.72. The molecule has 0 atom stereocenters. The van der Waals surface area contributed by atoms with E-state index in [9.17, 15) is 31.1 Å². The zero-order valence-corrected chi connectivity index (χ0v) is 23.8. The first-order valence-corrected chi connectivity index (χ1v) is 12.8. The normalized spacial score (nSPS) is 11.8. The van der Waals surface area contributed by atoms with Crippen molar-refractivity contribution in [3.05, 3.63) is 96.3 Å². The Hall–Kier alpha value is -4.72. The number of fused-ring (bicyclic) bond motifs is 1. The second-order valence-corrected chi connectivity index (χ2v) is 9.70. The highest BCUT2D eigenvalue weighted by molar-refractivity contribution is 5.72. The van der Waals surface area contributed by atoms with Gasteiger partial charge in [0.2, 0.25) is 0 Å². The van der Waals surface area contributed by atoms with Crippen LogP contribution >= 0.6 is 0 Å². The van der Waals surface area contributed by atoms with Crippen LogP contribution in [-0.2, 0) is 28.6 Å². The summed E-state index contributed by atoms with van der Waals surface area (Å²) in [7, 11) is 0. The van der Waals surface area contributed by atoms with Gasteiger partial charge in [-0.15, -0.1) is 4.68 Å². The van der Waals surface area contributed by atoms with E-state index in [-0.39, 0.29) is 41.1 Å². The number of esters is 1. The Morgan fingerprint density at radius 3 is 2.18 bits per heavy atom. The largest absolute Gasteiger partial charge is 1.00 e. The summed E-state index contributed by atoms with van der Waals surface area (Å²) in [6.45, 7) is 2.79. The molecule has 3 aromatic rings. The Morgan fingerprint density at radius 2 is 1.57 bits per heavy atom. The number of anilines is 3. The van der Waals surface area contributed by atoms with E-state index in [1.54, 1.807) is 44.2 Å². The zero-order chi connectivity index (χ0) is 30.9. The molecule has 15 heteroatoms. The van der Waals surface area contributed by atoms with Gasteiger partial charge in [-0.05, 0) is 48.5 Å². The Balaban J connectivity index is 0.00000442. The average Bonchev–Trinajstić information content (AvgIpc) is 3.39. The molecule has 0 fully saturated rings. The Bertz CT molecular complexity index is 1710. The lowest BCUT2D eigenvalue weighted by atomic mass is 10.1. The van der Waals surface area contributed by atoms with Gasteiger partial charge >= 0.3 is 24.3 Å². The third-order valence-electron chi connectivity index (χ3n) is 6.34. The fourth-order valence-electron chi connectivity index (χ4n) is 4.30. The number of alkyl halides is 6. The predicted molar refractivity (Wildman–Crippen MR) is 142 cm³/mol. The van der Waals surface area contributed by atoms with Crippen molar-refractivity contribution in [3.8, 4) is 17.1 Å². The van der Waals surface area contributed by atoms with Crippen LogP contribution < -0.4 is 22.0 Å². The summed E-state index contributed by atoms with van der Waals surface area (Å²) in [6, 6.07) is 16.3. The fraction of sp³-hybridized carbons (Fsp3) is 0.207. The molecule has 0 radical (unpaired) electrons. The molecular weight excluding hydrogens is 614 g/mol. The summed E-state index contributed by atoms with van der Waals surface area (Å²) < 4.78 is 89.6. The number of benzene rings is 2. The summed E-state index contributed by atoms with van der Waals surface area (Å²) in [5, 5.41) is 8.43. The second-order valence-electron chi connectivity index (χ2n) is 9.70. The van der Waals surface area contributed by atoms with Crippen LogP contribution in [0.1, 0.15) is 25.0 Å². The highest BCUT2D eigenvalue weighted by Crippen LogP contribution is 2.38. The van der Waals surface area contributed by atoms with Gasteiger partial charge in [-0.25, -0.2) is 9.58 Å². The Kier molecular flexibility index (Phi) is 9.14. The molecule has 0 N–H and O–H groups in total. The quantitative estimate of drug-likeness (QED) is 0.154. The van der Waals surface area contributed by atoms with Gasteiger partial charge in [0.25, 0.3) is 5.82 Å². The molecule has 230 valence electrons. The van der Waals surface area contributed by atoms with Crippen molar-refractivity contribution in [2.24, 2.45) is 5.92 Å². The summed E-state index contributed by atoms with van der Waals surface area (Å²) >= 11 is 0. The molecule has 0 amide bonds. The molecule has 2 aliphatic rings. The van der Waals surface area contributed by atoms with E-state index in [1.165, 1.54) is 50.9 Å². The van der Waals surface area contributed by atoms with Crippen molar-refractivity contribution < 1.29 is 53.0 Å². The highest BCUT2D eigenvalue weighted by atomic mass is 35.5. The number of carbonyl (C=O) groups is 1. The van der Waals surface area contributed by atoms with E-state index in [2.05, 4.69) is 15.2 Å². The summed E-state index contributed by atoms with van der Waals surface area (Å²) in [6.07, 6.45) is -6.75. The molecule has 0 saturated carbocycles. The van der Waals surface area contributed by atoms with Gasteiger partial charge in [0.15, 0.2) is 6.73 Å². The van der Waals surface area contributed by atoms with Gasteiger partial charge in [-0.2, -0.15) is 26.3 Å². The van der Waals surface area contributed by atoms with Crippen LogP contribution in [-0.4, -0.2) is 25.8 Å². The SMILES string of the molecule is CC(C)C(=O)OCn1cc(-c2ncccc2C(F)(F)F)cc2nnc(N(c3ccccc3)c3ccc(C(F)(F)F)cc3)[n+]1-2.[Cl-]. The molecule has 44 heavy (non-hydrogen) atoms. The number of hydrogen-bond donors (Lipinski definition) is 0. The number of ether oxygens (including phenoxy) is 1. The molecule has 5 rings (SSSR count). The first kappa shape index (κ1) is 32.2. The van der Waals surface area contributed by atoms with Crippen LogP contribution in [0.25, 0.3) is 17.1 Å².